The van der Waals surface area contributed by atoms with Crippen LogP contribution in [0.5, 0.6) is 0 Å². The van der Waals surface area contributed by atoms with Crippen LogP contribution in [0.4, 0.5) is 0 Å². The lowest BCUT2D eigenvalue weighted by molar-refractivity contribution is 0.370. The third-order valence-corrected chi connectivity index (χ3v) is 5.00. The predicted octanol–water partition coefficient (Wildman–Crippen LogP) is 4.40. The second-order valence-corrected chi connectivity index (χ2v) is 6.86. The molecule has 1 aliphatic rings. The van der Waals surface area contributed by atoms with E-state index in [1.165, 1.54) is 38.5 Å². The van der Waals surface area contributed by atoms with Gasteiger partial charge in [-0.05, 0) is 18.8 Å². The lowest BCUT2D eigenvalue weighted by Crippen LogP contribution is -2.28. The summed E-state index contributed by atoms with van der Waals surface area (Å²) in [5.41, 5.74) is 0. The van der Waals surface area contributed by atoms with Crippen LogP contribution < -0.4 is 0 Å². The summed E-state index contributed by atoms with van der Waals surface area (Å²) in [5, 5.41) is 0.0655. The quantitative estimate of drug-likeness (QED) is 0.495. The molecule has 86 valence electrons. The molecule has 0 bridgehead atoms. The first-order valence-corrected chi connectivity index (χ1v) is 6.82. The number of rotatable bonds is 1. The van der Waals surface area contributed by atoms with E-state index in [9.17, 15) is 0 Å². The first-order valence-electron chi connectivity index (χ1n) is 6.37. The number of hydrogen-bond donors (Lipinski definition) is 1. The second-order valence-electron chi connectivity index (χ2n) is 5.97. The van der Waals surface area contributed by atoms with Crippen LogP contribution in [0.1, 0.15) is 65.7 Å². The van der Waals surface area contributed by atoms with Gasteiger partial charge in [-0.25, -0.2) is 0 Å². The molecule has 0 aromatic rings. The van der Waals surface area contributed by atoms with Gasteiger partial charge < -0.3 is 0 Å². The molecule has 0 heterocycles. The van der Waals surface area contributed by atoms with Crippen LogP contribution in [0.2, 0.25) is 5.31 Å². The van der Waals surface area contributed by atoms with E-state index in [1.54, 1.807) is 0 Å². The Balaban J connectivity index is 2.60. The smallest absolute Gasteiger partial charge is 0.0742 e. The first-order chi connectivity index (χ1) is 6.86. The summed E-state index contributed by atoms with van der Waals surface area (Å²) in [6.07, 6.45) is 8.59. The van der Waals surface area contributed by atoms with Gasteiger partial charge >= 0.3 is 0 Å². The van der Waals surface area contributed by atoms with Crippen molar-refractivity contribution in [3.63, 3.8) is 0 Å². The molecular weight excluding hydrogens is 199 g/mol. The molecule has 2 unspecified atom stereocenters. The third-order valence-electron chi connectivity index (χ3n) is 4.04. The Morgan fingerprint density at radius 2 is 1.47 bits per heavy atom. The van der Waals surface area contributed by atoms with E-state index in [0.717, 1.165) is 6.42 Å². The summed E-state index contributed by atoms with van der Waals surface area (Å²) in [4.78, 5) is 0. The Bertz CT molecular complexity index is 201. The molecule has 0 N–H and O–H groups in total. The van der Waals surface area contributed by atoms with Crippen molar-refractivity contribution in [1.82, 2.24) is 0 Å². The molecule has 0 amide bonds. The van der Waals surface area contributed by atoms with Crippen LogP contribution in [0.15, 0.2) is 0 Å². The highest BCUT2D eigenvalue weighted by molar-refractivity contribution is 7.81. The summed E-state index contributed by atoms with van der Waals surface area (Å²) in [6.45, 7) is 6.80. The van der Waals surface area contributed by atoms with Crippen molar-refractivity contribution < 1.29 is 0 Å². The van der Waals surface area contributed by atoms with Crippen molar-refractivity contribution in [1.29, 1.82) is 0 Å². The highest BCUT2D eigenvalue weighted by atomic mass is 32.1. The van der Waals surface area contributed by atoms with Crippen molar-refractivity contribution in [3.8, 4) is 0 Å². The van der Waals surface area contributed by atoms with E-state index >= 15 is 0 Å². The van der Waals surface area contributed by atoms with Crippen molar-refractivity contribution in [2.45, 2.75) is 75.8 Å². The molecule has 1 saturated carbocycles. The Kier molecular flexibility index (Phi) is 4.64. The van der Waals surface area contributed by atoms with E-state index in [1.807, 2.05) is 0 Å². The molecule has 2 atom stereocenters. The molecule has 0 nitrogen and oxygen atoms in total. The van der Waals surface area contributed by atoms with Gasteiger partial charge in [0.05, 0.1) is 7.85 Å². The van der Waals surface area contributed by atoms with Gasteiger partial charge in [0.15, 0.2) is 0 Å². The van der Waals surface area contributed by atoms with Crippen LogP contribution in [-0.2, 0) is 0 Å². The van der Waals surface area contributed by atoms with Gasteiger partial charge in [-0.15, -0.1) is 0 Å². The van der Waals surface area contributed by atoms with Crippen molar-refractivity contribution >= 4 is 20.5 Å². The Morgan fingerprint density at radius 3 is 2.07 bits per heavy atom. The van der Waals surface area contributed by atoms with Crippen molar-refractivity contribution in [3.05, 3.63) is 0 Å². The molecule has 2 heteroatoms. The summed E-state index contributed by atoms with van der Waals surface area (Å²) < 4.78 is 0.250. The zero-order chi connectivity index (χ0) is 11.5. The molecule has 1 fully saturated rings. The zero-order valence-corrected chi connectivity index (χ0v) is 11.4. The van der Waals surface area contributed by atoms with Crippen LogP contribution in [-0.4, -0.2) is 12.6 Å². The topological polar surface area (TPSA) is 0 Å². The molecule has 1 aliphatic carbocycles. The molecular formula is C13H25BS. The highest BCUT2D eigenvalue weighted by Crippen LogP contribution is 2.42. The minimum absolute atomic E-state index is 0.0655. The van der Waals surface area contributed by atoms with E-state index < -0.39 is 0 Å². The van der Waals surface area contributed by atoms with Gasteiger partial charge in [0.2, 0.25) is 0 Å². The molecule has 2 radical (unpaired) electrons. The third kappa shape index (κ3) is 4.05. The maximum absolute atomic E-state index is 6.26. The molecule has 1 rings (SSSR count). The molecule has 0 aromatic carbocycles. The molecule has 15 heavy (non-hydrogen) atoms. The number of hydrogen-bond acceptors (Lipinski definition) is 1. The molecule has 0 saturated heterocycles. The van der Waals surface area contributed by atoms with E-state index in [-0.39, 0.29) is 10.1 Å². The fraction of sp³-hybridized carbons (Fsp3) is 1.00. The van der Waals surface area contributed by atoms with Crippen LogP contribution in [0.25, 0.3) is 0 Å². The van der Waals surface area contributed by atoms with Gasteiger partial charge in [0.25, 0.3) is 0 Å². The standard InChI is InChI=1S/C13H25BS/c1-11(2)13(15)9-5-4-7-12(3,14)8-6-10-13/h11,15H,4-10H2,1-3H3. The van der Waals surface area contributed by atoms with Crippen molar-refractivity contribution in [2.75, 3.05) is 0 Å². The summed E-state index contributed by atoms with van der Waals surface area (Å²) >= 11 is 4.93. The average molecular weight is 224 g/mol. The second kappa shape index (κ2) is 5.16. The Morgan fingerprint density at radius 1 is 1.00 bits per heavy atom. The van der Waals surface area contributed by atoms with E-state index in [0.29, 0.717) is 5.92 Å². The Hall–Kier alpha value is 0.415. The Labute approximate surface area is 102 Å². The molecule has 0 aromatic heterocycles. The first kappa shape index (κ1) is 13.5. The maximum Gasteiger partial charge on any atom is 0.0742 e. The highest BCUT2D eigenvalue weighted by Gasteiger charge is 2.31. The van der Waals surface area contributed by atoms with Gasteiger partial charge in [0.1, 0.15) is 0 Å². The summed E-state index contributed by atoms with van der Waals surface area (Å²) in [7, 11) is 6.26. The summed E-state index contributed by atoms with van der Waals surface area (Å²) in [6, 6.07) is 0. The largest absolute Gasteiger partial charge is 0.172 e. The molecule has 0 aliphatic heterocycles. The lowest BCUT2D eigenvalue weighted by Gasteiger charge is -2.33. The zero-order valence-electron chi connectivity index (χ0n) is 10.6. The van der Waals surface area contributed by atoms with Crippen LogP contribution in [0, 0.1) is 5.92 Å². The van der Waals surface area contributed by atoms with Gasteiger partial charge in [0, 0.05) is 4.75 Å². The van der Waals surface area contributed by atoms with Crippen molar-refractivity contribution in [2.24, 2.45) is 5.92 Å². The molecule has 0 spiro atoms. The normalized spacial score (nSPS) is 39.5. The van der Waals surface area contributed by atoms with Crippen LogP contribution in [0.3, 0.4) is 0 Å². The predicted molar refractivity (Wildman–Crippen MR) is 73.0 cm³/mol. The minimum Gasteiger partial charge on any atom is -0.172 e. The monoisotopic (exact) mass is 224 g/mol. The van der Waals surface area contributed by atoms with Gasteiger partial charge in [-0.2, -0.15) is 12.6 Å². The average Bonchev–Trinajstić information content (AvgIpc) is 2.17. The fourth-order valence-electron chi connectivity index (χ4n) is 2.59. The maximum atomic E-state index is 6.26. The summed E-state index contributed by atoms with van der Waals surface area (Å²) in [5.74, 6) is 0.669. The minimum atomic E-state index is 0.0655. The SMILES string of the molecule is [B]C1(C)CCCCC(S)(C(C)C)CCC1. The fourth-order valence-corrected chi connectivity index (χ4v) is 2.90. The van der Waals surface area contributed by atoms with E-state index in [4.69, 9.17) is 20.5 Å². The van der Waals surface area contributed by atoms with Gasteiger partial charge in [-0.1, -0.05) is 58.2 Å². The number of thiol groups is 1. The van der Waals surface area contributed by atoms with Crippen LogP contribution >= 0.6 is 12.6 Å². The van der Waals surface area contributed by atoms with Gasteiger partial charge in [-0.3, -0.25) is 0 Å². The van der Waals surface area contributed by atoms with E-state index in [2.05, 4.69) is 20.8 Å². The lowest BCUT2D eigenvalue weighted by atomic mass is 9.64.